The molecule has 45 heavy (non-hydrogen) atoms. The van der Waals surface area contributed by atoms with E-state index in [-0.39, 0.29) is 60.9 Å². The Morgan fingerprint density at radius 2 is 1.69 bits per heavy atom. The maximum atomic E-state index is 13.5. The maximum absolute atomic E-state index is 13.5. The summed E-state index contributed by atoms with van der Waals surface area (Å²) in [5.41, 5.74) is 0.289. The first-order valence-corrected chi connectivity index (χ1v) is 16.3. The number of halogens is 4. The van der Waals surface area contributed by atoms with E-state index in [2.05, 4.69) is 20.7 Å². The lowest BCUT2D eigenvalue weighted by atomic mass is 10.0. The molecule has 1 atom stereocenters. The third kappa shape index (κ3) is 11.6. The zero-order valence-electron chi connectivity index (χ0n) is 24.8. The summed E-state index contributed by atoms with van der Waals surface area (Å²) in [5, 5.41) is 7.87. The van der Waals surface area contributed by atoms with Gasteiger partial charge in [-0.2, -0.15) is 13.2 Å². The van der Waals surface area contributed by atoms with E-state index in [0.717, 1.165) is 18.9 Å². The molecule has 0 fully saturated rings. The van der Waals surface area contributed by atoms with Crippen molar-refractivity contribution in [3.05, 3.63) is 57.6 Å². The molecule has 2 aromatic rings. The molecule has 0 saturated heterocycles. The molecular weight excluding hydrogens is 641 g/mol. The average Bonchev–Trinajstić information content (AvgIpc) is 3.37. The fraction of sp³-hybridized carbons (Fsp3) is 0.517. The highest BCUT2D eigenvalue weighted by atomic mass is 35.5. The van der Waals surface area contributed by atoms with Crippen LogP contribution in [0.15, 0.2) is 35.2 Å². The number of carbonyl (C=O) groups excluding carboxylic acids is 2. The van der Waals surface area contributed by atoms with E-state index in [1.54, 1.807) is 6.92 Å². The molecule has 0 radical (unpaired) electrons. The molecule has 0 spiro atoms. The number of amides is 3. The molecule has 11 nitrogen and oxygen atoms in total. The molecular formula is C29H38ClF3N4O7S. The van der Waals surface area contributed by atoms with Gasteiger partial charge in [0.05, 0.1) is 36.9 Å². The first-order chi connectivity index (χ1) is 21.4. The van der Waals surface area contributed by atoms with Crippen LogP contribution in [0, 0.1) is 6.92 Å². The van der Waals surface area contributed by atoms with Crippen molar-refractivity contribution in [3.63, 3.8) is 0 Å². The topological polar surface area (TPSA) is 144 Å². The largest absolute Gasteiger partial charge is 0.485 e. The summed E-state index contributed by atoms with van der Waals surface area (Å²) in [7, 11) is -3.85. The third-order valence-corrected chi connectivity index (χ3v) is 8.52. The Labute approximate surface area is 265 Å². The number of rotatable bonds is 19. The van der Waals surface area contributed by atoms with Crippen LogP contribution in [0.5, 0.6) is 5.75 Å². The van der Waals surface area contributed by atoms with Crippen molar-refractivity contribution < 1.29 is 45.4 Å². The molecule has 0 saturated carbocycles. The highest BCUT2D eigenvalue weighted by molar-refractivity contribution is 7.89. The molecule has 4 N–H and O–H groups in total. The van der Waals surface area contributed by atoms with E-state index in [1.807, 2.05) is 0 Å². The molecule has 0 aromatic heterocycles. The first-order valence-electron chi connectivity index (χ1n) is 14.4. The van der Waals surface area contributed by atoms with Crippen molar-refractivity contribution >= 4 is 34.1 Å². The predicted molar refractivity (Wildman–Crippen MR) is 161 cm³/mol. The van der Waals surface area contributed by atoms with Gasteiger partial charge in [0, 0.05) is 31.2 Å². The summed E-state index contributed by atoms with van der Waals surface area (Å²) < 4.78 is 85.2. The van der Waals surface area contributed by atoms with Crippen LogP contribution in [0.4, 0.5) is 18.0 Å². The minimum Gasteiger partial charge on any atom is -0.485 e. The molecule has 250 valence electrons. The van der Waals surface area contributed by atoms with Crippen molar-refractivity contribution in [1.29, 1.82) is 0 Å². The summed E-state index contributed by atoms with van der Waals surface area (Å²) in [4.78, 5) is 21.8. The lowest BCUT2D eigenvalue weighted by Gasteiger charge is -2.19. The summed E-state index contributed by atoms with van der Waals surface area (Å²) in [6.45, 7) is 3.92. The summed E-state index contributed by atoms with van der Waals surface area (Å²) in [6.07, 6.45) is -2.51. The first kappa shape index (κ1) is 36.4. The highest BCUT2D eigenvalue weighted by Gasteiger charge is 2.38. The molecule has 1 aliphatic rings. The van der Waals surface area contributed by atoms with E-state index in [1.165, 1.54) is 24.3 Å². The standard InChI is InChI=1S/C29H38ClF3N4O7S/c1-20-16-22(4-6-26(20)44-27-7-5-23-24(27)17-21(30)18-25(23)29(31,32)33)45(40,41)37-11-13-43-15-14-42-12-10-36-28(39)35-9-3-2-8-34-19-38/h4,6,16-19,27,37H,2-3,5,7-15H2,1H3,(H,34,38)(H2,35,36,39)/t27-/m1/s1. The third-order valence-electron chi connectivity index (χ3n) is 6.84. The number of benzene rings is 2. The van der Waals surface area contributed by atoms with Gasteiger partial charge in [0.1, 0.15) is 11.9 Å². The van der Waals surface area contributed by atoms with Crippen LogP contribution in [0.25, 0.3) is 0 Å². The Kier molecular flexibility index (Phi) is 14.2. The minimum absolute atomic E-state index is 0.0105. The van der Waals surface area contributed by atoms with E-state index in [9.17, 15) is 31.2 Å². The second-order valence-electron chi connectivity index (χ2n) is 10.2. The number of alkyl halides is 3. The van der Waals surface area contributed by atoms with Crippen molar-refractivity contribution in [3.8, 4) is 5.75 Å². The molecule has 1 aliphatic carbocycles. The van der Waals surface area contributed by atoms with Crippen molar-refractivity contribution in [2.24, 2.45) is 0 Å². The number of nitrogens with one attached hydrogen (secondary N) is 4. The number of sulfonamides is 1. The van der Waals surface area contributed by atoms with Crippen LogP contribution < -0.4 is 25.4 Å². The number of fused-ring (bicyclic) bond motifs is 1. The van der Waals surface area contributed by atoms with Crippen LogP contribution in [0.3, 0.4) is 0 Å². The number of aryl methyl sites for hydroxylation is 1. The van der Waals surface area contributed by atoms with Gasteiger partial charge < -0.3 is 30.2 Å². The predicted octanol–water partition coefficient (Wildman–Crippen LogP) is 3.87. The Bertz CT molecular complexity index is 1400. The monoisotopic (exact) mass is 678 g/mol. The second kappa shape index (κ2) is 17.5. The second-order valence-corrected chi connectivity index (χ2v) is 12.4. The smallest absolute Gasteiger partial charge is 0.416 e. The van der Waals surface area contributed by atoms with Crippen molar-refractivity contribution in [1.82, 2.24) is 20.7 Å². The fourth-order valence-corrected chi connectivity index (χ4v) is 6.00. The summed E-state index contributed by atoms with van der Waals surface area (Å²) in [6, 6.07) is 6.39. The Morgan fingerprint density at radius 1 is 1.00 bits per heavy atom. The maximum Gasteiger partial charge on any atom is 0.416 e. The van der Waals surface area contributed by atoms with Crippen molar-refractivity contribution in [2.45, 2.75) is 49.8 Å². The molecule has 3 amide bonds. The van der Waals surface area contributed by atoms with Gasteiger partial charge in [-0.15, -0.1) is 0 Å². The fourth-order valence-electron chi connectivity index (χ4n) is 4.67. The van der Waals surface area contributed by atoms with Crippen LogP contribution >= 0.6 is 11.6 Å². The van der Waals surface area contributed by atoms with E-state index in [4.69, 9.17) is 25.8 Å². The van der Waals surface area contributed by atoms with Gasteiger partial charge in [0.15, 0.2) is 0 Å². The van der Waals surface area contributed by atoms with Gasteiger partial charge in [-0.3, -0.25) is 4.79 Å². The van der Waals surface area contributed by atoms with Gasteiger partial charge in [-0.05, 0) is 79.6 Å². The zero-order chi connectivity index (χ0) is 32.9. The molecule has 0 heterocycles. The number of carbonyl (C=O) groups is 2. The molecule has 3 rings (SSSR count). The molecule has 0 unspecified atom stereocenters. The number of unbranched alkanes of at least 4 members (excludes halogenated alkanes) is 1. The average molecular weight is 679 g/mol. The van der Waals surface area contributed by atoms with Crippen LogP contribution in [-0.2, 0) is 36.9 Å². The number of hydrogen-bond acceptors (Lipinski definition) is 7. The highest BCUT2D eigenvalue weighted by Crippen LogP contribution is 2.44. The Balaban J connectivity index is 1.33. The van der Waals surface area contributed by atoms with Crippen molar-refractivity contribution in [2.75, 3.05) is 52.6 Å². The lowest BCUT2D eigenvalue weighted by molar-refractivity contribution is -0.138. The SMILES string of the molecule is Cc1cc(S(=O)(=O)NCCOCCOCCNC(=O)NCCCCNC=O)ccc1O[C@@H]1CCc2c1cc(Cl)cc2C(F)(F)F. The molecule has 0 bridgehead atoms. The minimum atomic E-state index is -4.53. The number of ether oxygens (including phenoxy) is 3. The van der Waals surface area contributed by atoms with Crippen LogP contribution in [0.2, 0.25) is 5.02 Å². The molecule has 16 heteroatoms. The summed E-state index contributed by atoms with van der Waals surface area (Å²) >= 11 is 5.97. The van der Waals surface area contributed by atoms with E-state index < -0.39 is 27.9 Å². The van der Waals surface area contributed by atoms with E-state index >= 15 is 0 Å². The van der Waals surface area contributed by atoms with Crippen LogP contribution in [-0.4, -0.2) is 73.5 Å². The molecule has 0 aliphatic heterocycles. The van der Waals surface area contributed by atoms with Gasteiger partial charge in [-0.1, -0.05) is 11.6 Å². The quantitative estimate of drug-likeness (QED) is 0.130. The Hall–Kier alpha value is -3.11. The van der Waals surface area contributed by atoms with Gasteiger partial charge in [0.25, 0.3) is 0 Å². The number of hydrogen-bond donors (Lipinski definition) is 4. The summed E-state index contributed by atoms with van der Waals surface area (Å²) in [5.74, 6) is 0.361. The van der Waals surface area contributed by atoms with Gasteiger partial charge >= 0.3 is 12.2 Å². The van der Waals surface area contributed by atoms with Gasteiger partial charge in [0.2, 0.25) is 16.4 Å². The zero-order valence-corrected chi connectivity index (χ0v) is 26.4. The Morgan fingerprint density at radius 3 is 2.38 bits per heavy atom. The van der Waals surface area contributed by atoms with Crippen LogP contribution in [0.1, 0.15) is 47.6 Å². The normalized spacial score (nSPS) is 14.6. The molecule has 2 aromatic carbocycles. The lowest BCUT2D eigenvalue weighted by Crippen LogP contribution is -2.38. The number of urea groups is 1. The van der Waals surface area contributed by atoms with Gasteiger partial charge in [-0.25, -0.2) is 17.9 Å². The van der Waals surface area contributed by atoms with E-state index in [0.29, 0.717) is 49.3 Å².